The van der Waals surface area contributed by atoms with E-state index in [9.17, 15) is 19.2 Å². The molecule has 7 nitrogen and oxygen atoms in total. The van der Waals surface area contributed by atoms with Crippen molar-refractivity contribution in [2.75, 3.05) is 18.5 Å². The molecule has 3 rings (SSSR count). The van der Waals surface area contributed by atoms with Crippen molar-refractivity contribution in [1.29, 1.82) is 0 Å². The van der Waals surface area contributed by atoms with E-state index in [1.54, 1.807) is 24.3 Å². The van der Waals surface area contributed by atoms with Gasteiger partial charge in [0.2, 0.25) is 0 Å². The van der Waals surface area contributed by atoms with E-state index in [0.29, 0.717) is 5.69 Å². The van der Waals surface area contributed by atoms with Crippen molar-refractivity contribution >= 4 is 29.4 Å². The first-order valence-electron chi connectivity index (χ1n) is 9.18. The molecule has 1 N–H and O–H groups in total. The summed E-state index contributed by atoms with van der Waals surface area (Å²) in [5, 5.41) is 2.73. The van der Waals surface area contributed by atoms with Gasteiger partial charge in [-0.25, -0.2) is 0 Å². The number of nitrogens with zero attached hydrogens (tertiary/aromatic N) is 1. The zero-order valence-electron chi connectivity index (χ0n) is 16.5. The van der Waals surface area contributed by atoms with Gasteiger partial charge < -0.3 is 10.1 Å². The van der Waals surface area contributed by atoms with Crippen molar-refractivity contribution in [2.24, 2.45) is 0 Å². The number of fused-ring (bicyclic) bond motifs is 1. The number of ether oxygens (including phenoxy) is 1. The number of imide groups is 1. The summed E-state index contributed by atoms with van der Waals surface area (Å²) in [6, 6.07) is 13.7. The fraction of sp³-hybridized carbons (Fsp3) is 0.273. The summed E-state index contributed by atoms with van der Waals surface area (Å²) in [4.78, 5) is 49.6. The van der Waals surface area contributed by atoms with Crippen molar-refractivity contribution in [2.45, 2.75) is 26.2 Å². The number of benzene rings is 2. The first kappa shape index (κ1) is 20.3. The lowest BCUT2D eigenvalue weighted by atomic mass is 9.86. The predicted molar refractivity (Wildman–Crippen MR) is 107 cm³/mol. The minimum absolute atomic E-state index is 0.175. The second kappa shape index (κ2) is 7.87. The molecular weight excluding hydrogens is 372 g/mol. The Morgan fingerprint density at radius 2 is 1.48 bits per heavy atom. The summed E-state index contributed by atoms with van der Waals surface area (Å²) in [5.74, 6) is -2.44. The minimum atomic E-state index is -0.834. The smallest absolute Gasteiger partial charge is 0.326 e. The standard InChI is InChI=1S/C22H22N2O5/c1-22(2,3)16-10-6-7-11-17(16)23-18(25)13-29-19(26)12-24-20(27)14-8-4-5-9-15(14)21(24)28/h4-11H,12-13H2,1-3H3,(H,23,25). The number of nitrogens with one attached hydrogen (secondary N) is 1. The summed E-state index contributed by atoms with van der Waals surface area (Å²) in [6.07, 6.45) is 0. The van der Waals surface area contributed by atoms with Crippen LogP contribution in [-0.4, -0.2) is 41.7 Å². The highest BCUT2D eigenvalue weighted by atomic mass is 16.5. The summed E-state index contributed by atoms with van der Waals surface area (Å²) in [6.45, 7) is 5.03. The molecule has 7 heteroatoms. The van der Waals surface area contributed by atoms with Gasteiger partial charge in [0.25, 0.3) is 17.7 Å². The molecule has 2 aromatic carbocycles. The third-order valence-corrected chi connectivity index (χ3v) is 4.54. The molecule has 0 fully saturated rings. The maximum Gasteiger partial charge on any atom is 0.326 e. The normalized spacial score (nSPS) is 13.3. The number of hydrogen-bond donors (Lipinski definition) is 1. The van der Waals surface area contributed by atoms with Crippen LogP contribution >= 0.6 is 0 Å². The molecule has 0 atom stereocenters. The summed E-state index contributed by atoms with van der Waals surface area (Å²) >= 11 is 0. The molecule has 2 aromatic rings. The van der Waals surface area contributed by atoms with E-state index in [1.165, 1.54) is 12.1 Å². The second-order valence-corrected chi connectivity index (χ2v) is 7.75. The van der Waals surface area contributed by atoms with Gasteiger partial charge in [-0.2, -0.15) is 0 Å². The van der Waals surface area contributed by atoms with Crippen molar-refractivity contribution in [3.05, 3.63) is 65.2 Å². The molecule has 0 bridgehead atoms. The number of anilines is 1. The van der Waals surface area contributed by atoms with Gasteiger partial charge in [0.05, 0.1) is 11.1 Å². The minimum Gasteiger partial charge on any atom is -0.454 e. The highest BCUT2D eigenvalue weighted by molar-refractivity contribution is 6.22. The predicted octanol–water partition coefficient (Wildman–Crippen LogP) is 2.76. The highest BCUT2D eigenvalue weighted by Crippen LogP contribution is 2.29. The van der Waals surface area contributed by atoms with Crippen LogP contribution in [-0.2, 0) is 19.7 Å². The topological polar surface area (TPSA) is 92.8 Å². The third-order valence-electron chi connectivity index (χ3n) is 4.54. The van der Waals surface area contributed by atoms with Gasteiger partial charge in [-0.15, -0.1) is 0 Å². The van der Waals surface area contributed by atoms with Crippen molar-refractivity contribution in [1.82, 2.24) is 4.90 Å². The monoisotopic (exact) mass is 394 g/mol. The summed E-state index contributed by atoms with van der Waals surface area (Å²) in [5.41, 5.74) is 1.92. The number of hydrogen-bond acceptors (Lipinski definition) is 5. The highest BCUT2D eigenvalue weighted by Gasteiger charge is 2.36. The van der Waals surface area contributed by atoms with Gasteiger partial charge in [-0.05, 0) is 29.2 Å². The number of amides is 3. The van der Waals surface area contributed by atoms with E-state index in [2.05, 4.69) is 5.32 Å². The Morgan fingerprint density at radius 1 is 0.931 bits per heavy atom. The van der Waals surface area contributed by atoms with Gasteiger partial charge in [-0.3, -0.25) is 24.1 Å². The van der Waals surface area contributed by atoms with Crippen molar-refractivity contribution in [3.8, 4) is 0 Å². The Labute approximate surface area is 168 Å². The lowest BCUT2D eigenvalue weighted by Crippen LogP contribution is -2.36. The van der Waals surface area contributed by atoms with Crippen LogP contribution in [0.4, 0.5) is 5.69 Å². The number of carbonyl (C=O) groups excluding carboxylic acids is 4. The maximum atomic E-state index is 12.3. The Morgan fingerprint density at radius 3 is 2.07 bits per heavy atom. The largest absolute Gasteiger partial charge is 0.454 e. The van der Waals surface area contributed by atoms with E-state index in [0.717, 1.165) is 10.5 Å². The molecule has 1 heterocycles. The molecule has 0 saturated heterocycles. The zero-order valence-corrected chi connectivity index (χ0v) is 16.5. The van der Waals surface area contributed by atoms with Gasteiger partial charge in [0, 0.05) is 5.69 Å². The Hall–Kier alpha value is -3.48. The van der Waals surface area contributed by atoms with Crippen LogP contribution in [0, 0.1) is 0 Å². The fourth-order valence-electron chi connectivity index (χ4n) is 3.14. The molecule has 0 aromatic heterocycles. The second-order valence-electron chi connectivity index (χ2n) is 7.75. The van der Waals surface area contributed by atoms with E-state index in [1.807, 2.05) is 32.9 Å². The molecule has 1 aliphatic heterocycles. The fourth-order valence-corrected chi connectivity index (χ4v) is 3.14. The lowest BCUT2D eigenvalue weighted by Gasteiger charge is -2.23. The Kier molecular flexibility index (Phi) is 5.50. The Bertz CT molecular complexity index is 956. The first-order chi connectivity index (χ1) is 13.7. The molecule has 0 spiro atoms. The molecule has 150 valence electrons. The van der Waals surface area contributed by atoms with Crippen LogP contribution in [0.25, 0.3) is 0 Å². The lowest BCUT2D eigenvalue weighted by molar-refractivity contribution is -0.147. The number of para-hydroxylation sites is 1. The van der Waals surface area contributed by atoms with E-state index in [-0.39, 0.29) is 16.5 Å². The number of carbonyl (C=O) groups is 4. The van der Waals surface area contributed by atoms with Crippen LogP contribution in [0.2, 0.25) is 0 Å². The number of esters is 1. The molecule has 1 aliphatic rings. The van der Waals surface area contributed by atoms with Crippen LogP contribution in [0.5, 0.6) is 0 Å². The number of rotatable bonds is 5. The van der Waals surface area contributed by atoms with E-state index >= 15 is 0 Å². The van der Waals surface area contributed by atoms with Gasteiger partial charge in [0.1, 0.15) is 6.54 Å². The first-order valence-corrected chi connectivity index (χ1v) is 9.18. The quantitative estimate of drug-likeness (QED) is 0.622. The van der Waals surface area contributed by atoms with Crippen molar-refractivity contribution < 1.29 is 23.9 Å². The zero-order chi connectivity index (χ0) is 21.2. The average molecular weight is 394 g/mol. The SMILES string of the molecule is CC(C)(C)c1ccccc1NC(=O)COC(=O)CN1C(=O)c2ccccc2C1=O. The van der Waals surface area contributed by atoms with Gasteiger partial charge in [0.15, 0.2) is 6.61 Å². The molecule has 3 amide bonds. The summed E-state index contributed by atoms with van der Waals surface area (Å²) in [7, 11) is 0. The molecule has 0 aliphatic carbocycles. The average Bonchev–Trinajstić information content (AvgIpc) is 2.91. The van der Waals surface area contributed by atoms with Crippen molar-refractivity contribution in [3.63, 3.8) is 0 Å². The van der Waals surface area contributed by atoms with Gasteiger partial charge >= 0.3 is 5.97 Å². The molecule has 29 heavy (non-hydrogen) atoms. The Balaban J connectivity index is 1.56. The third kappa shape index (κ3) is 4.34. The maximum absolute atomic E-state index is 12.3. The molecule has 0 radical (unpaired) electrons. The van der Waals surface area contributed by atoms with Crippen LogP contribution < -0.4 is 5.32 Å². The molecule has 0 saturated carbocycles. The van der Waals surface area contributed by atoms with E-state index in [4.69, 9.17) is 4.74 Å². The van der Waals surface area contributed by atoms with Crippen LogP contribution in [0.15, 0.2) is 48.5 Å². The molecule has 0 unspecified atom stereocenters. The molecular formula is C22H22N2O5. The van der Waals surface area contributed by atoms with Crippen LogP contribution in [0.3, 0.4) is 0 Å². The summed E-state index contributed by atoms with van der Waals surface area (Å²) < 4.78 is 4.96. The van der Waals surface area contributed by atoms with Crippen LogP contribution in [0.1, 0.15) is 47.1 Å². The van der Waals surface area contributed by atoms with Gasteiger partial charge in [-0.1, -0.05) is 51.1 Å². The van der Waals surface area contributed by atoms with E-state index < -0.39 is 36.8 Å².